The fourth-order valence-corrected chi connectivity index (χ4v) is 3.85. The van der Waals surface area contributed by atoms with Crippen molar-refractivity contribution in [3.8, 4) is 0 Å². The molecule has 2 aromatic rings. The van der Waals surface area contributed by atoms with Crippen LogP contribution in [-0.4, -0.2) is 5.78 Å². The van der Waals surface area contributed by atoms with Crippen molar-refractivity contribution in [2.75, 3.05) is 0 Å². The highest BCUT2D eigenvalue weighted by Crippen LogP contribution is 2.33. The third kappa shape index (κ3) is 3.80. The number of hydrogen-bond donors (Lipinski definition) is 0. The van der Waals surface area contributed by atoms with Gasteiger partial charge in [0, 0.05) is 10.9 Å². The predicted molar refractivity (Wildman–Crippen MR) is 92.9 cm³/mol. The standard InChI is InChI=1S/C16H16Br2OS/c1-16(2,3)11-6-4-10(5-7-11)8-13(19)14-9-12(17)15(18)20-14/h4-7,9H,8H2,1-3H3. The van der Waals surface area contributed by atoms with Gasteiger partial charge in [-0.2, -0.15) is 0 Å². The van der Waals surface area contributed by atoms with Crippen LogP contribution in [0.2, 0.25) is 0 Å². The van der Waals surface area contributed by atoms with Gasteiger partial charge in [0.05, 0.1) is 8.66 Å². The van der Waals surface area contributed by atoms with Crippen LogP contribution in [0, 0.1) is 0 Å². The Morgan fingerprint density at radius 2 is 1.75 bits per heavy atom. The highest BCUT2D eigenvalue weighted by Gasteiger charge is 2.15. The molecule has 0 radical (unpaired) electrons. The van der Waals surface area contributed by atoms with E-state index in [4.69, 9.17) is 0 Å². The molecule has 0 aliphatic heterocycles. The van der Waals surface area contributed by atoms with Gasteiger partial charge >= 0.3 is 0 Å². The summed E-state index contributed by atoms with van der Waals surface area (Å²) in [7, 11) is 0. The number of hydrogen-bond acceptors (Lipinski definition) is 2. The topological polar surface area (TPSA) is 17.1 Å². The molecule has 4 heteroatoms. The van der Waals surface area contributed by atoms with Crippen LogP contribution in [0.15, 0.2) is 38.6 Å². The van der Waals surface area contributed by atoms with Gasteiger partial charge in [-0.05, 0) is 54.5 Å². The van der Waals surface area contributed by atoms with Crippen LogP contribution in [0.5, 0.6) is 0 Å². The normalized spacial score (nSPS) is 11.7. The second-order valence-corrected chi connectivity index (χ2v) is 9.00. The largest absolute Gasteiger partial charge is 0.293 e. The van der Waals surface area contributed by atoms with Crippen LogP contribution in [0.3, 0.4) is 0 Å². The molecule has 0 saturated heterocycles. The number of halogens is 2. The maximum atomic E-state index is 12.2. The molecule has 0 unspecified atom stereocenters. The Balaban J connectivity index is 2.12. The number of Topliss-reactive ketones (excluding diaryl/α,β-unsaturated/α-hetero) is 1. The third-order valence-corrected chi connectivity index (χ3v) is 6.40. The van der Waals surface area contributed by atoms with Crippen LogP contribution in [0.4, 0.5) is 0 Å². The molecule has 1 nitrogen and oxygen atoms in total. The Kier molecular flexibility index (Phi) is 4.88. The fraction of sp³-hybridized carbons (Fsp3) is 0.312. The third-order valence-electron chi connectivity index (χ3n) is 3.10. The van der Waals surface area contributed by atoms with Crippen molar-refractivity contribution in [3.05, 3.63) is 54.6 Å². The van der Waals surface area contributed by atoms with Gasteiger partial charge in [-0.15, -0.1) is 11.3 Å². The Morgan fingerprint density at radius 1 is 1.15 bits per heavy atom. The highest BCUT2D eigenvalue weighted by molar-refractivity contribution is 9.13. The molecule has 0 fully saturated rings. The zero-order valence-electron chi connectivity index (χ0n) is 11.7. The van der Waals surface area contributed by atoms with Crippen molar-refractivity contribution in [1.82, 2.24) is 0 Å². The van der Waals surface area contributed by atoms with Gasteiger partial charge in [0.1, 0.15) is 0 Å². The zero-order chi connectivity index (χ0) is 14.9. The molecule has 0 amide bonds. The monoisotopic (exact) mass is 414 g/mol. The lowest BCUT2D eigenvalue weighted by Crippen LogP contribution is -2.11. The summed E-state index contributed by atoms with van der Waals surface area (Å²) in [6.45, 7) is 6.57. The predicted octanol–water partition coefficient (Wildman–Crippen LogP) is 6.00. The smallest absolute Gasteiger partial charge is 0.177 e. The van der Waals surface area contributed by atoms with E-state index in [1.165, 1.54) is 16.9 Å². The summed E-state index contributed by atoms with van der Waals surface area (Å²) in [5, 5.41) is 0. The van der Waals surface area contributed by atoms with E-state index in [1.807, 2.05) is 6.07 Å². The molecule has 2 rings (SSSR count). The minimum atomic E-state index is 0.145. The van der Waals surface area contributed by atoms with Gasteiger partial charge in [-0.1, -0.05) is 45.0 Å². The summed E-state index contributed by atoms with van der Waals surface area (Å²) in [6.07, 6.45) is 0.448. The number of benzene rings is 1. The van der Waals surface area contributed by atoms with Crippen molar-refractivity contribution < 1.29 is 4.79 Å². The average Bonchev–Trinajstić information content (AvgIpc) is 2.69. The van der Waals surface area contributed by atoms with E-state index >= 15 is 0 Å². The molecular weight excluding hydrogens is 400 g/mol. The van der Waals surface area contributed by atoms with E-state index in [0.29, 0.717) is 6.42 Å². The first kappa shape index (κ1) is 15.9. The van der Waals surface area contributed by atoms with Crippen molar-refractivity contribution in [2.24, 2.45) is 0 Å². The first-order chi connectivity index (χ1) is 9.27. The summed E-state index contributed by atoms with van der Waals surface area (Å²) in [6, 6.07) is 10.2. The Morgan fingerprint density at radius 3 is 2.20 bits per heavy atom. The van der Waals surface area contributed by atoms with Crippen molar-refractivity contribution >= 4 is 49.0 Å². The molecule has 0 spiro atoms. The second-order valence-electron chi connectivity index (χ2n) is 5.78. The van der Waals surface area contributed by atoms with E-state index in [-0.39, 0.29) is 11.2 Å². The van der Waals surface area contributed by atoms with Gasteiger partial charge in [-0.25, -0.2) is 0 Å². The van der Waals surface area contributed by atoms with Crippen LogP contribution in [0.1, 0.15) is 41.6 Å². The van der Waals surface area contributed by atoms with E-state index < -0.39 is 0 Å². The number of carbonyl (C=O) groups is 1. The molecule has 0 aliphatic carbocycles. The Bertz CT molecular complexity index is 601. The van der Waals surface area contributed by atoms with Gasteiger partial charge in [0.15, 0.2) is 5.78 Å². The molecule has 20 heavy (non-hydrogen) atoms. The van der Waals surface area contributed by atoms with E-state index in [9.17, 15) is 4.79 Å². The summed E-state index contributed by atoms with van der Waals surface area (Å²) < 4.78 is 1.90. The van der Waals surface area contributed by atoms with Crippen molar-refractivity contribution in [3.63, 3.8) is 0 Å². The summed E-state index contributed by atoms with van der Waals surface area (Å²) >= 11 is 8.30. The Hall–Kier alpha value is -0.450. The SMILES string of the molecule is CC(C)(C)c1ccc(CC(=O)c2cc(Br)c(Br)s2)cc1. The fourth-order valence-electron chi connectivity index (χ4n) is 1.88. The van der Waals surface area contributed by atoms with Crippen LogP contribution < -0.4 is 0 Å². The Labute approximate surface area is 140 Å². The quantitative estimate of drug-likeness (QED) is 0.562. The molecular formula is C16H16Br2OS. The lowest BCUT2D eigenvalue weighted by molar-refractivity contribution is 0.0997. The molecule has 0 N–H and O–H groups in total. The molecule has 106 valence electrons. The molecule has 0 aliphatic rings. The van der Waals surface area contributed by atoms with E-state index in [0.717, 1.165) is 18.7 Å². The second kappa shape index (κ2) is 6.12. The lowest BCUT2D eigenvalue weighted by Gasteiger charge is -2.19. The number of ketones is 1. The van der Waals surface area contributed by atoms with Gasteiger partial charge in [0.25, 0.3) is 0 Å². The lowest BCUT2D eigenvalue weighted by atomic mass is 9.86. The summed E-state index contributed by atoms with van der Waals surface area (Å²) in [5.41, 5.74) is 2.49. The van der Waals surface area contributed by atoms with Gasteiger partial charge in [0.2, 0.25) is 0 Å². The molecule has 1 heterocycles. The molecule has 1 aromatic heterocycles. The maximum Gasteiger partial charge on any atom is 0.177 e. The maximum absolute atomic E-state index is 12.2. The van der Waals surface area contributed by atoms with E-state index in [2.05, 4.69) is 76.9 Å². The van der Waals surface area contributed by atoms with Gasteiger partial charge < -0.3 is 0 Å². The number of thiophene rings is 1. The van der Waals surface area contributed by atoms with Crippen molar-refractivity contribution in [2.45, 2.75) is 32.6 Å². The molecule has 0 atom stereocenters. The minimum absolute atomic E-state index is 0.145. The van der Waals surface area contributed by atoms with Crippen LogP contribution in [-0.2, 0) is 11.8 Å². The van der Waals surface area contributed by atoms with Crippen LogP contribution >= 0.6 is 43.2 Å². The first-order valence-corrected chi connectivity index (χ1v) is 8.75. The highest BCUT2D eigenvalue weighted by atomic mass is 79.9. The van der Waals surface area contributed by atoms with Crippen molar-refractivity contribution in [1.29, 1.82) is 0 Å². The van der Waals surface area contributed by atoms with E-state index in [1.54, 1.807) is 0 Å². The summed E-state index contributed by atoms with van der Waals surface area (Å²) in [4.78, 5) is 13.0. The first-order valence-electron chi connectivity index (χ1n) is 6.35. The molecule has 0 bridgehead atoms. The van der Waals surface area contributed by atoms with Gasteiger partial charge in [-0.3, -0.25) is 4.79 Å². The molecule has 0 saturated carbocycles. The molecule has 1 aromatic carbocycles. The van der Waals surface area contributed by atoms with Crippen LogP contribution in [0.25, 0.3) is 0 Å². The number of carbonyl (C=O) groups excluding carboxylic acids is 1. The number of rotatable bonds is 3. The average molecular weight is 416 g/mol. The summed E-state index contributed by atoms with van der Waals surface area (Å²) in [5.74, 6) is 0.157. The minimum Gasteiger partial charge on any atom is -0.293 e. The zero-order valence-corrected chi connectivity index (χ0v) is 15.7.